The highest BCUT2D eigenvalue weighted by Gasteiger charge is 2.16. The van der Waals surface area contributed by atoms with Crippen LogP contribution in [0.2, 0.25) is 10.0 Å². The summed E-state index contributed by atoms with van der Waals surface area (Å²) in [5.74, 6) is 2.05. The maximum atomic E-state index is 6.51. The number of hydrogen-bond acceptors (Lipinski definition) is 3. The number of nitrogens with zero attached hydrogens (tertiary/aromatic N) is 2. The van der Waals surface area contributed by atoms with E-state index < -0.39 is 0 Å². The second-order valence-corrected chi connectivity index (χ2v) is 10.3. The molecule has 158 valence electrons. The lowest BCUT2D eigenvalue weighted by Gasteiger charge is -2.19. The first-order valence-corrected chi connectivity index (χ1v) is 12.8. The maximum Gasteiger partial charge on any atom is 0.0946 e. The molecule has 1 heterocycles. The summed E-state index contributed by atoms with van der Waals surface area (Å²) >= 11 is 16.4. The molecule has 0 saturated carbocycles. The summed E-state index contributed by atoms with van der Waals surface area (Å²) < 4.78 is 2.10. The van der Waals surface area contributed by atoms with E-state index in [4.69, 9.17) is 23.2 Å². The Labute approximate surface area is 202 Å². The Morgan fingerprint density at radius 3 is 2.35 bits per heavy atom. The number of benzene rings is 3. The third-order valence-corrected chi connectivity index (χ3v) is 7.96. The van der Waals surface area contributed by atoms with Crippen LogP contribution in [-0.4, -0.2) is 21.1 Å². The molecular weight excluding hydrogens is 463 g/mol. The van der Waals surface area contributed by atoms with Crippen LogP contribution in [0, 0.1) is 0 Å². The number of halogens is 2. The van der Waals surface area contributed by atoms with Crippen molar-refractivity contribution in [1.82, 2.24) is 9.55 Å². The van der Waals surface area contributed by atoms with Gasteiger partial charge in [0, 0.05) is 50.6 Å². The zero-order valence-electron chi connectivity index (χ0n) is 16.8. The first-order valence-electron chi connectivity index (χ1n) is 9.99. The van der Waals surface area contributed by atoms with Gasteiger partial charge in [-0.15, -0.1) is 11.8 Å². The molecule has 0 radical (unpaired) electrons. The fourth-order valence-corrected chi connectivity index (χ4v) is 6.15. The molecule has 0 bridgehead atoms. The standard InChI is InChI=1S/C25H22Cl2N2S2/c26-21-8-11-23(24(27)16-21)25(17-29-13-12-28-18-29)31-15-14-30-22-9-6-20(7-10-22)19-4-2-1-3-5-19/h1-13,16,18,25H,14-15,17H2. The van der Waals surface area contributed by atoms with Gasteiger partial charge in [-0.3, -0.25) is 0 Å². The van der Waals surface area contributed by atoms with Gasteiger partial charge in [-0.1, -0.05) is 71.7 Å². The molecule has 0 aliphatic carbocycles. The minimum Gasteiger partial charge on any atom is -0.336 e. The first kappa shape index (κ1) is 22.3. The highest BCUT2D eigenvalue weighted by Crippen LogP contribution is 2.37. The lowest BCUT2D eigenvalue weighted by molar-refractivity contribution is 0.684. The van der Waals surface area contributed by atoms with Gasteiger partial charge >= 0.3 is 0 Å². The summed E-state index contributed by atoms with van der Waals surface area (Å²) in [6, 6.07) is 25.0. The smallest absolute Gasteiger partial charge is 0.0946 e. The van der Waals surface area contributed by atoms with E-state index in [1.807, 2.05) is 60.3 Å². The highest BCUT2D eigenvalue weighted by molar-refractivity contribution is 8.03. The van der Waals surface area contributed by atoms with Gasteiger partial charge in [-0.25, -0.2) is 4.98 Å². The molecule has 0 saturated heterocycles. The predicted molar refractivity (Wildman–Crippen MR) is 136 cm³/mol. The Balaban J connectivity index is 1.35. The molecular formula is C25H22Cl2N2S2. The molecule has 4 aromatic rings. The second-order valence-electron chi connectivity index (χ2n) is 7.02. The first-order chi connectivity index (χ1) is 15.2. The van der Waals surface area contributed by atoms with Gasteiger partial charge in [0.15, 0.2) is 0 Å². The van der Waals surface area contributed by atoms with Crippen LogP contribution in [0.25, 0.3) is 11.1 Å². The van der Waals surface area contributed by atoms with Gasteiger partial charge in [0.2, 0.25) is 0 Å². The van der Waals surface area contributed by atoms with Crippen molar-refractivity contribution in [2.24, 2.45) is 0 Å². The van der Waals surface area contributed by atoms with E-state index in [2.05, 4.69) is 58.1 Å². The van der Waals surface area contributed by atoms with Crippen molar-refractivity contribution in [3.63, 3.8) is 0 Å². The zero-order valence-corrected chi connectivity index (χ0v) is 20.0. The fourth-order valence-electron chi connectivity index (χ4n) is 3.31. The average Bonchev–Trinajstić information content (AvgIpc) is 3.30. The lowest BCUT2D eigenvalue weighted by atomic mass is 10.1. The Morgan fingerprint density at radius 1 is 0.871 bits per heavy atom. The van der Waals surface area contributed by atoms with Crippen LogP contribution < -0.4 is 0 Å². The Morgan fingerprint density at radius 2 is 1.65 bits per heavy atom. The van der Waals surface area contributed by atoms with E-state index in [1.54, 1.807) is 6.20 Å². The second kappa shape index (κ2) is 11.1. The summed E-state index contributed by atoms with van der Waals surface area (Å²) in [5.41, 5.74) is 3.61. The third kappa shape index (κ3) is 6.33. The van der Waals surface area contributed by atoms with Gasteiger partial charge in [-0.2, -0.15) is 11.8 Å². The molecule has 1 unspecified atom stereocenters. The number of rotatable bonds is 9. The molecule has 6 heteroatoms. The van der Waals surface area contributed by atoms with Gasteiger partial charge in [0.25, 0.3) is 0 Å². The number of hydrogen-bond donors (Lipinski definition) is 0. The lowest BCUT2D eigenvalue weighted by Crippen LogP contribution is -2.07. The van der Waals surface area contributed by atoms with Crippen LogP contribution >= 0.6 is 46.7 Å². The molecule has 1 aromatic heterocycles. The highest BCUT2D eigenvalue weighted by atomic mass is 35.5. The van der Waals surface area contributed by atoms with Crippen LogP contribution in [0.5, 0.6) is 0 Å². The van der Waals surface area contributed by atoms with E-state index in [-0.39, 0.29) is 5.25 Å². The summed E-state index contributed by atoms with van der Waals surface area (Å²) in [6.45, 7) is 0.822. The summed E-state index contributed by atoms with van der Waals surface area (Å²) in [6.07, 6.45) is 5.64. The van der Waals surface area contributed by atoms with Gasteiger partial charge < -0.3 is 4.57 Å². The average molecular weight is 486 g/mol. The number of aromatic nitrogens is 2. The molecule has 0 spiro atoms. The molecule has 2 nitrogen and oxygen atoms in total. The van der Waals surface area contributed by atoms with Crippen molar-refractivity contribution in [3.05, 3.63) is 107 Å². The van der Waals surface area contributed by atoms with E-state index in [0.717, 1.165) is 23.6 Å². The SMILES string of the molecule is Clc1ccc(C(Cn2ccnc2)SCCSc2ccc(-c3ccccc3)cc2)c(Cl)c1. The molecule has 1 atom stereocenters. The molecule has 0 fully saturated rings. The van der Waals surface area contributed by atoms with Crippen molar-refractivity contribution in [2.45, 2.75) is 16.7 Å². The molecule has 3 aromatic carbocycles. The number of imidazole rings is 1. The fraction of sp³-hybridized carbons (Fsp3) is 0.160. The van der Waals surface area contributed by atoms with E-state index >= 15 is 0 Å². The van der Waals surface area contributed by atoms with Crippen molar-refractivity contribution in [1.29, 1.82) is 0 Å². The van der Waals surface area contributed by atoms with E-state index in [0.29, 0.717) is 10.0 Å². The van der Waals surface area contributed by atoms with Crippen LogP contribution in [0.1, 0.15) is 10.8 Å². The number of thioether (sulfide) groups is 2. The minimum atomic E-state index is 0.236. The van der Waals surface area contributed by atoms with Crippen LogP contribution in [0.15, 0.2) is 96.4 Å². The Hall–Kier alpha value is -1.85. The van der Waals surface area contributed by atoms with Gasteiger partial charge in [0.1, 0.15) is 0 Å². The largest absolute Gasteiger partial charge is 0.336 e. The quantitative estimate of drug-likeness (QED) is 0.176. The zero-order chi connectivity index (χ0) is 21.5. The van der Waals surface area contributed by atoms with Crippen LogP contribution in [-0.2, 0) is 6.54 Å². The van der Waals surface area contributed by atoms with Gasteiger partial charge in [0.05, 0.1) is 6.33 Å². The molecule has 0 aliphatic heterocycles. The summed E-state index contributed by atoms with van der Waals surface area (Å²) in [4.78, 5) is 5.45. The maximum absolute atomic E-state index is 6.51. The normalized spacial score (nSPS) is 12.1. The third-order valence-electron chi connectivity index (χ3n) is 4.88. The van der Waals surface area contributed by atoms with Crippen molar-refractivity contribution >= 4 is 46.7 Å². The van der Waals surface area contributed by atoms with E-state index in [9.17, 15) is 0 Å². The molecule has 31 heavy (non-hydrogen) atoms. The van der Waals surface area contributed by atoms with Gasteiger partial charge in [-0.05, 0) is 41.0 Å². The summed E-state index contributed by atoms with van der Waals surface area (Å²) in [7, 11) is 0. The van der Waals surface area contributed by atoms with Crippen molar-refractivity contribution < 1.29 is 0 Å². The monoisotopic (exact) mass is 484 g/mol. The van der Waals surface area contributed by atoms with Crippen LogP contribution in [0.3, 0.4) is 0 Å². The molecule has 0 N–H and O–H groups in total. The van der Waals surface area contributed by atoms with Crippen molar-refractivity contribution in [2.75, 3.05) is 11.5 Å². The predicted octanol–water partition coefficient (Wildman–Crippen LogP) is 8.12. The van der Waals surface area contributed by atoms with E-state index in [1.165, 1.54) is 16.0 Å². The van der Waals surface area contributed by atoms with Crippen molar-refractivity contribution in [3.8, 4) is 11.1 Å². The van der Waals surface area contributed by atoms with Crippen LogP contribution in [0.4, 0.5) is 0 Å². The molecule has 0 amide bonds. The Kier molecular flexibility index (Phi) is 8.03. The minimum absolute atomic E-state index is 0.236. The Bertz CT molecular complexity index is 1080. The topological polar surface area (TPSA) is 17.8 Å². The molecule has 4 rings (SSSR count). The summed E-state index contributed by atoms with van der Waals surface area (Å²) in [5, 5.41) is 1.61. The molecule has 0 aliphatic rings.